The molecular formula is C22H22BrNO6S. The number of β-lactam (4-membered cyclic amide) rings is 1. The smallest absolute Gasteiger partial charge is 0.356 e. The van der Waals surface area contributed by atoms with Gasteiger partial charge in [-0.25, -0.2) is 9.59 Å². The maximum atomic E-state index is 12.8. The van der Waals surface area contributed by atoms with Crippen LogP contribution in [0.4, 0.5) is 0 Å². The fourth-order valence-electron chi connectivity index (χ4n) is 3.60. The molecule has 7 nitrogen and oxygen atoms in total. The van der Waals surface area contributed by atoms with Crippen molar-refractivity contribution in [3.63, 3.8) is 0 Å². The predicted octanol–water partition coefficient (Wildman–Crippen LogP) is 3.49. The predicted molar refractivity (Wildman–Crippen MR) is 119 cm³/mol. The van der Waals surface area contributed by atoms with E-state index in [0.717, 1.165) is 15.1 Å². The number of fused-ring (bicyclic) bond motifs is 1. The van der Waals surface area contributed by atoms with Crippen LogP contribution in [-0.4, -0.2) is 54.0 Å². The molecule has 2 aliphatic heterocycles. The van der Waals surface area contributed by atoms with Gasteiger partial charge in [-0.1, -0.05) is 41.1 Å². The van der Waals surface area contributed by atoms with Crippen LogP contribution >= 0.6 is 27.7 Å². The van der Waals surface area contributed by atoms with Crippen molar-refractivity contribution in [1.29, 1.82) is 0 Å². The Morgan fingerprint density at radius 1 is 1.26 bits per heavy atom. The zero-order valence-electron chi connectivity index (χ0n) is 17.1. The maximum absolute atomic E-state index is 12.8. The van der Waals surface area contributed by atoms with Gasteiger partial charge in [-0.3, -0.25) is 9.59 Å². The molecule has 0 aromatic heterocycles. The lowest BCUT2D eigenvalue weighted by atomic mass is 9.84. The summed E-state index contributed by atoms with van der Waals surface area (Å²) in [5.41, 5.74) is 0.675. The van der Waals surface area contributed by atoms with Crippen molar-refractivity contribution in [2.45, 2.75) is 25.8 Å². The van der Waals surface area contributed by atoms with Crippen molar-refractivity contribution in [3.05, 3.63) is 57.1 Å². The van der Waals surface area contributed by atoms with Crippen LogP contribution in [0.2, 0.25) is 0 Å². The minimum Gasteiger partial charge on any atom is -0.466 e. The van der Waals surface area contributed by atoms with Crippen LogP contribution in [0.3, 0.4) is 0 Å². The number of hydrogen-bond acceptors (Lipinski definition) is 7. The lowest BCUT2D eigenvalue weighted by Crippen LogP contribution is -2.58. The van der Waals surface area contributed by atoms with Gasteiger partial charge in [0.2, 0.25) is 5.91 Å². The third-order valence-electron chi connectivity index (χ3n) is 5.11. The second-order valence-electron chi connectivity index (χ2n) is 6.96. The Bertz CT molecular complexity index is 955. The van der Waals surface area contributed by atoms with Gasteiger partial charge in [-0.05, 0) is 24.3 Å². The van der Waals surface area contributed by atoms with Gasteiger partial charge in [0.05, 0.1) is 19.1 Å². The molecule has 2 heterocycles. The molecule has 3 rings (SSSR count). The van der Waals surface area contributed by atoms with Gasteiger partial charge in [0.15, 0.2) is 12.4 Å². The van der Waals surface area contributed by atoms with E-state index in [1.807, 2.05) is 6.92 Å². The summed E-state index contributed by atoms with van der Waals surface area (Å²) >= 11 is 4.80. The first-order chi connectivity index (χ1) is 14.9. The Balaban J connectivity index is 1.65. The minimum absolute atomic E-state index is 0.145. The molecule has 31 heavy (non-hydrogen) atoms. The summed E-state index contributed by atoms with van der Waals surface area (Å²) in [6.07, 6.45) is 3.87. The van der Waals surface area contributed by atoms with Crippen LogP contribution in [0.25, 0.3) is 0 Å². The van der Waals surface area contributed by atoms with Crippen LogP contribution in [0.1, 0.15) is 30.1 Å². The number of ketones is 1. The van der Waals surface area contributed by atoms with Crippen LogP contribution < -0.4 is 0 Å². The second-order valence-corrected chi connectivity index (χ2v) is 9.23. The molecule has 0 saturated carbocycles. The normalized spacial score (nSPS) is 20.0. The van der Waals surface area contributed by atoms with Gasteiger partial charge < -0.3 is 14.4 Å². The average molecular weight is 508 g/mol. The van der Waals surface area contributed by atoms with E-state index in [-0.39, 0.29) is 29.3 Å². The highest BCUT2D eigenvalue weighted by molar-refractivity contribution is 9.10. The molecular weight excluding hydrogens is 486 g/mol. The fraction of sp³-hybridized carbons (Fsp3) is 0.364. The van der Waals surface area contributed by atoms with E-state index < -0.39 is 18.5 Å². The number of esters is 2. The van der Waals surface area contributed by atoms with Gasteiger partial charge >= 0.3 is 11.9 Å². The van der Waals surface area contributed by atoms with Crippen molar-refractivity contribution < 1.29 is 28.7 Å². The van der Waals surface area contributed by atoms with Gasteiger partial charge in [-0.15, -0.1) is 11.8 Å². The van der Waals surface area contributed by atoms with Gasteiger partial charge in [0.1, 0.15) is 5.70 Å². The molecule has 1 fully saturated rings. The molecule has 1 amide bonds. The number of benzene rings is 1. The van der Waals surface area contributed by atoms with E-state index in [0.29, 0.717) is 18.4 Å². The largest absolute Gasteiger partial charge is 0.466 e. The highest BCUT2D eigenvalue weighted by atomic mass is 79.9. The zero-order chi connectivity index (χ0) is 22.5. The number of ether oxygens (including phenoxy) is 2. The van der Waals surface area contributed by atoms with Crippen molar-refractivity contribution in [2.75, 3.05) is 19.5 Å². The summed E-state index contributed by atoms with van der Waals surface area (Å²) in [6.45, 7) is 1.57. The Labute approximate surface area is 193 Å². The first-order valence-corrected chi connectivity index (χ1v) is 11.5. The molecule has 1 aromatic rings. The molecule has 2 aliphatic rings. The molecule has 2 unspecified atom stereocenters. The number of methoxy groups -OCH3 is 1. The quantitative estimate of drug-likeness (QED) is 0.218. The molecule has 0 N–H and O–H groups in total. The van der Waals surface area contributed by atoms with E-state index in [1.165, 1.54) is 29.8 Å². The number of nitrogens with zero attached hydrogens (tertiary/aromatic N) is 1. The molecule has 2 atom stereocenters. The van der Waals surface area contributed by atoms with E-state index in [2.05, 4.69) is 20.7 Å². The molecule has 0 aliphatic carbocycles. The van der Waals surface area contributed by atoms with Crippen molar-refractivity contribution in [3.8, 4) is 0 Å². The topological polar surface area (TPSA) is 90.0 Å². The molecule has 0 spiro atoms. The summed E-state index contributed by atoms with van der Waals surface area (Å²) in [4.78, 5) is 51.3. The molecule has 0 radical (unpaired) electrons. The van der Waals surface area contributed by atoms with Gasteiger partial charge in [0.25, 0.3) is 0 Å². The Hall–Kier alpha value is -2.39. The van der Waals surface area contributed by atoms with E-state index >= 15 is 0 Å². The number of carbonyl (C=O) groups is 4. The van der Waals surface area contributed by atoms with Crippen LogP contribution in [0, 0.1) is 5.92 Å². The first kappa shape index (κ1) is 23.3. The summed E-state index contributed by atoms with van der Waals surface area (Å²) in [5, 5.41) is 0. The van der Waals surface area contributed by atoms with Gasteiger partial charge in [0, 0.05) is 27.4 Å². The molecule has 1 aromatic carbocycles. The van der Waals surface area contributed by atoms with Crippen molar-refractivity contribution in [1.82, 2.24) is 4.90 Å². The number of halogens is 1. The number of thioether (sulfide) groups is 1. The Morgan fingerprint density at radius 3 is 2.61 bits per heavy atom. The van der Waals surface area contributed by atoms with E-state index in [1.54, 1.807) is 30.3 Å². The highest BCUT2D eigenvalue weighted by Gasteiger charge is 2.54. The SMILES string of the molecule is CCSC1=C(C(=O)OCC(=O)c2ccc(Br)cc2)N2C(=O)C(C/C=C/C(=O)OC)C2C1. The number of hydrogen-bond donors (Lipinski definition) is 0. The second kappa shape index (κ2) is 10.3. The lowest BCUT2D eigenvalue weighted by molar-refractivity contribution is -0.156. The summed E-state index contributed by atoms with van der Waals surface area (Å²) in [6, 6.07) is 6.63. The molecule has 164 valence electrons. The summed E-state index contributed by atoms with van der Waals surface area (Å²) < 4.78 is 10.7. The molecule has 1 saturated heterocycles. The van der Waals surface area contributed by atoms with Crippen molar-refractivity contribution in [2.24, 2.45) is 5.92 Å². The standard InChI is InChI=1S/C22H22BrNO6S/c1-3-31-18-11-16-15(5-4-6-19(26)29-2)21(27)24(16)20(18)22(28)30-12-17(25)13-7-9-14(23)10-8-13/h4,6-10,15-16H,3,5,11-12H2,1-2H3/b6-4+. The Morgan fingerprint density at radius 2 is 1.97 bits per heavy atom. The highest BCUT2D eigenvalue weighted by Crippen LogP contribution is 2.47. The van der Waals surface area contributed by atoms with Gasteiger partial charge in [-0.2, -0.15) is 0 Å². The minimum atomic E-state index is -0.666. The number of carbonyl (C=O) groups excluding carboxylic acids is 4. The summed E-state index contributed by atoms with van der Waals surface area (Å²) in [5.74, 6) is -1.20. The number of allylic oxidation sites excluding steroid dienone is 1. The lowest BCUT2D eigenvalue weighted by Gasteiger charge is -2.43. The average Bonchev–Trinajstić information content (AvgIpc) is 3.10. The zero-order valence-corrected chi connectivity index (χ0v) is 19.5. The van der Waals surface area contributed by atoms with E-state index in [9.17, 15) is 19.2 Å². The van der Waals surface area contributed by atoms with Crippen LogP contribution in [0.5, 0.6) is 0 Å². The number of rotatable bonds is 9. The maximum Gasteiger partial charge on any atom is 0.356 e. The van der Waals surface area contributed by atoms with Crippen LogP contribution in [0.15, 0.2) is 51.5 Å². The molecule has 0 bridgehead atoms. The molecule has 9 heteroatoms. The number of amides is 1. The third kappa shape index (κ3) is 5.10. The fourth-order valence-corrected chi connectivity index (χ4v) is 4.82. The Kier molecular flexibility index (Phi) is 7.72. The number of Topliss-reactive ketones (excluding diaryl/α,β-unsaturated/α-hetero) is 1. The van der Waals surface area contributed by atoms with Crippen LogP contribution in [-0.2, 0) is 23.9 Å². The monoisotopic (exact) mass is 507 g/mol. The van der Waals surface area contributed by atoms with Crippen molar-refractivity contribution >= 4 is 51.3 Å². The third-order valence-corrected chi connectivity index (χ3v) is 6.63. The first-order valence-electron chi connectivity index (χ1n) is 9.76. The summed E-state index contributed by atoms with van der Waals surface area (Å²) in [7, 11) is 1.29. The van der Waals surface area contributed by atoms with E-state index in [4.69, 9.17) is 4.74 Å².